The Balaban J connectivity index is 2.16. The van der Waals surface area contributed by atoms with E-state index in [4.69, 9.17) is 40.5 Å². The van der Waals surface area contributed by atoms with Gasteiger partial charge in [-0.25, -0.2) is 9.18 Å². The third kappa shape index (κ3) is 4.19. The molecule has 5 nitrogen and oxygen atoms in total. The summed E-state index contributed by atoms with van der Waals surface area (Å²) in [6.45, 7) is 0. The largest absolute Gasteiger partial charge is 0.478 e. The maximum absolute atomic E-state index is 13.5. The number of carbonyl (C=O) groups is 2. The summed E-state index contributed by atoms with van der Waals surface area (Å²) in [7, 11) is 0. The van der Waals surface area contributed by atoms with Crippen LogP contribution in [0.5, 0.6) is 0 Å². The highest BCUT2D eigenvalue weighted by atomic mass is 35.5. The van der Waals surface area contributed by atoms with Crippen LogP contribution in [0.25, 0.3) is 0 Å². The van der Waals surface area contributed by atoms with E-state index < -0.39 is 17.7 Å². The quantitative estimate of drug-likeness (QED) is 0.695. The number of rotatable bonds is 3. The van der Waals surface area contributed by atoms with Gasteiger partial charge in [-0.1, -0.05) is 35.3 Å². The number of carboxylic acid groups (broad SMARTS) is 1. The van der Waals surface area contributed by atoms with E-state index in [1.54, 1.807) is 0 Å². The van der Waals surface area contributed by atoms with Crippen molar-refractivity contribution in [3.63, 3.8) is 0 Å². The molecule has 0 bridgehead atoms. The van der Waals surface area contributed by atoms with Crippen LogP contribution in [0.4, 0.5) is 10.1 Å². The zero-order valence-electron chi connectivity index (χ0n) is 11.8. The molecule has 124 valence electrons. The Morgan fingerprint density at radius 2 is 1.75 bits per heavy atom. The monoisotopic (exact) mass is 386 g/mol. The molecule has 2 rings (SSSR count). The van der Waals surface area contributed by atoms with Crippen molar-refractivity contribution in [2.24, 2.45) is 0 Å². The molecule has 2 aromatic carbocycles. The van der Waals surface area contributed by atoms with Crippen LogP contribution in [0.3, 0.4) is 0 Å². The second kappa shape index (κ2) is 7.57. The second-order valence-electron chi connectivity index (χ2n) is 4.51. The first-order chi connectivity index (χ1) is 11.3. The predicted molar refractivity (Wildman–Crippen MR) is 93.5 cm³/mol. The van der Waals surface area contributed by atoms with E-state index in [-0.39, 0.29) is 32.0 Å². The average Bonchev–Trinajstić information content (AvgIpc) is 2.49. The number of carboxylic acids is 1. The van der Waals surface area contributed by atoms with Crippen LogP contribution in [-0.4, -0.2) is 22.1 Å². The van der Waals surface area contributed by atoms with E-state index in [0.29, 0.717) is 0 Å². The van der Waals surface area contributed by atoms with E-state index >= 15 is 0 Å². The number of hydrogen-bond acceptors (Lipinski definition) is 3. The lowest BCUT2D eigenvalue weighted by Gasteiger charge is -2.12. The average molecular weight is 387 g/mol. The van der Waals surface area contributed by atoms with Crippen molar-refractivity contribution >= 4 is 58.1 Å². The minimum atomic E-state index is -1.25. The van der Waals surface area contributed by atoms with Gasteiger partial charge in [0.1, 0.15) is 5.82 Å². The number of amides is 1. The van der Waals surface area contributed by atoms with Crippen LogP contribution in [0, 0.1) is 5.82 Å². The molecule has 9 heteroatoms. The van der Waals surface area contributed by atoms with Gasteiger partial charge in [0, 0.05) is 0 Å². The number of carbonyl (C=O) groups excluding carboxylic acids is 1. The Kier molecular flexibility index (Phi) is 5.71. The first-order valence-corrected chi connectivity index (χ1v) is 7.55. The van der Waals surface area contributed by atoms with Crippen LogP contribution in [0.1, 0.15) is 20.7 Å². The van der Waals surface area contributed by atoms with Gasteiger partial charge in [0.2, 0.25) is 0 Å². The summed E-state index contributed by atoms with van der Waals surface area (Å²) >= 11 is 16.7. The number of aromatic carboxylic acids is 1. The number of benzene rings is 2. The Bertz CT molecular complexity index is 845. The van der Waals surface area contributed by atoms with Crippen LogP contribution < -0.4 is 10.6 Å². The van der Waals surface area contributed by atoms with E-state index in [1.807, 2.05) is 0 Å². The SMILES string of the molecule is O=C(NC(=S)Nc1cc(C(=O)O)c(Cl)cc1Cl)c1ccccc1F. The predicted octanol–water partition coefficient (Wildman–Crippen LogP) is 3.96. The molecular weight excluding hydrogens is 378 g/mol. The molecule has 2 aromatic rings. The van der Waals surface area contributed by atoms with E-state index in [9.17, 15) is 14.0 Å². The molecule has 0 aromatic heterocycles. The van der Waals surface area contributed by atoms with Crippen molar-refractivity contribution in [2.75, 3.05) is 5.32 Å². The maximum atomic E-state index is 13.5. The molecule has 0 heterocycles. The highest BCUT2D eigenvalue weighted by Crippen LogP contribution is 2.29. The molecule has 0 unspecified atom stereocenters. The lowest BCUT2D eigenvalue weighted by atomic mass is 10.2. The smallest absolute Gasteiger partial charge is 0.337 e. The van der Waals surface area contributed by atoms with E-state index in [1.165, 1.54) is 30.3 Å². The van der Waals surface area contributed by atoms with Gasteiger partial charge in [-0.3, -0.25) is 10.1 Å². The first-order valence-electron chi connectivity index (χ1n) is 6.38. The molecule has 0 radical (unpaired) electrons. The van der Waals surface area contributed by atoms with Gasteiger partial charge in [-0.05, 0) is 36.5 Å². The summed E-state index contributed by atoms with van der Waals surface area (Å²) in [6.07, 6.45) is 0. The Labute approximate surface area is 151 Å². The van der Waals surface area contributed by atoms with Crippen LogP contribution >= 0.6 is 35.4 Å². The van der Waals surface area contributed by atoms with Gasteiger partial charge in [0.15, 0.2) is 5.11 Å². The van der Waals surface area contributed by atoms with Crippen molar-refractivity contribution in [3.05, 3.63) is 63.4 Å². The molecule has 0 atom stereocenters. The van der Waals surface area contributed by atoms with E-state index in [2.05, 4.69) is 10.6 Å². The topological polar surface area (TPSA) is 78.4 Å². The summed E-state index contributed by atoms with van der Waals surface area (Å²) in [5, 5.41) is 13.8. The fourth-order valence-corrected chi connectivity index (χ4v) is 2.49. The number of halogens is 3. The summed E-state index contributed by atoms with van der Waals surface area (Å²) in [6, 6.07) is 7.80. The van der Waals surface area contributed by atoms with Gasteiger partial charge < -0.3 is 10.4 Å². The van der Waals surface area contributed by atoms with Gasteiger partial charge in [0.25, 0.3) is 5.91 Å². The van der Waals surface area contributed by atoms with Gasteiger partial charge in [-0.15, -0.1) is 0 Å². The van der Waals surface area contributed by atoms with Crippen LogP contribution in [0.2, 0.25) is 10.0 Å². The van der Waals surface area contributed by atoms with Crippen LogP contribution in [0.15, 0.2) is 36.4 Å². The molecule has 0 saturated carbocycles. The van der Waals surface area contributed by atoms with Crippen molar-refractivity contribution in [2.45, 2.75) is 0 Å². The van der Waals surface area contributed by atoms with Crippen molar-refractivity contribution in [1.82, 2.24) is 5.32 Å². The Hall–Kier alpha value is -2.22. The molecule has 1 amide bonds. The normalized spacial score (nSPS) is 10.1. The summed E-state index contributed by atoms with van der Waals surface area (Å²) in [5.74, 6) is -2.70. The molecule has 0 saturated heterocycles. The first kappa shape index (κ1) is 18.1. The highest BCUT2D eigenvalue weighted by molar-refractivity contribution is 7.80. The molecule has 0 aliphatic carbocycles. The zero-order valence-corrected chi connectivity index (χ0v) is 14.1. The van der Waals surface area contributed by atoms with Crippen molar-refractivity contribution < 1.29 is 19.1 Å². The molecule has 0 fully saturated rings. The molecular formula is C15H9Cl2FN2O3S. The fourth-order valence-electron chi connectivity index (χ4n) is 1.78. The van der Waals surface area contributed by atoms with Crippen LogP contribution in [-0.2, 0) is 0 Å². The standard InChI is InChI=1S/C15H9Cl2FN2O3S/c16-9-6-10(17)12(5-8(9)14(22)23)19-15(24)20-13(21)7-3-1-2-4-11(7)18/h1-6H,(H,22,23)(H2,19,20,21,24). The minimum Gasteiger partial charge on any atom is -0.478 e. The lowest BCUT2D eigenvalue weighted by molar-refractivity contribution is 0.0697. The Morgan fingerprint density at radius 1 is 1.08 bits per heavy atom. The number of hydrogen-bond donors (Lipinski definition) is 3. The van der Waals surface area contributed by atoms with Crippen molar-refractivity contribution in [3.8, 4) is 0 Å². The molecule has 0 aliphatic heterocycles. The third-order valence-corrected chi connectivity index (χ3v) is 3.71. The minimum absolute atomic E-state index is 0.0423. The molecule has 0 aliphatic rings. The molecule has 3 N–H and O–H groups in total. The number of thiocarbonyl (C=S) groups is 1. The lowest BCUT2D eigenvalue weighted by Crippen LogP contribution is -2.34. The number of anilines is 1. The second-order valence-corrected chi connectivity index (χ2v) is 5.73. The summed E-state index contributed by atoms with van der Waals surface area (Å²) in [4.78, 5) is 23.0. The van der Waals surface area contributed by atoms with Gasteiger partial charge >= 0.3 is 5.97 Å². The molecule has 0 spiro atoms. The van der Waals surface area contributed by atoms with Crippen molar-refractivity contribution in [1.29, 1.82) is 0 Å². The zero-order chi connectivity index (χ0) is 17.9. The third-order valence-electron chi connectivity index (χ3n) is 2.88. The summed E-state index contributed by atoms with van der Waals surface area (Å²) in [5.41, 5.74) is -0.237. The Morgan fingerprint density at radius 3 is 2.38 bits per heavy atom. The summed E-state index contributed by atoms with van der Waals surface area (Å²) < 4.78 is 13.5. The maximum Gasteiger partial charge on any atom is 0.337 e. The van der Waals surface area contributed by atoms with Gasteiger partial charge in [-0.2, -0.15) is 0 Å². The number of nitrogens with one attached hydrogen (secondary N) is 2. The van der Waals surface area contributed by atoms with E-state index in [0.717, 1.165) is 6.07 Å². The highest BCUT2D eigenvalue weighted by Gasteiger charge is 2.16. The molecule has 24 heavy (non-hydrogen) atoms. The van der Waals surface area contributed by atoms with Gasteiger partial charge in [0.05, 0.1) is 26.9 Å². The fraction of sp³-hybridized carbons (Fsp3) is 0.